The van der Waals surface area contributed by atoms with E-state index in [0.29, 0.717) is 17.4 Å². The molecule has 8 nitrogen and oxygen atoms in total. The Hall–Kier alpha value is -3.04. The van der Waals surface area contributed by atoms with Crippen LogP contribution < -0.4 is 9.80 Å². The minimum absolute atomic E-state index is 0.114. The highest BCUT2D eigenvalue weighted by molar-refractivity contribution is 7.71. The number of piperazine rings is 1. The summed E-state index contributed by atoms with van der Waals surface area (Å²) in [6, 6.07) is 16.4. The van der Waals surface area contributed by atoms with E-state index < -0.39 is 0 Å². The number of rotatable bonds is 5. The third kappa shape index (κ3) is 3.95. The molecule has 9 heteroatoms. The summed E-state index contributed by atoms with van der Waals surface area (Å²) in [5.41, 5.74) is 2.03. The molecule has 0 unspecified atom stereocenters. The number of hydrogen-bond acceptors (Lipinski definition) is 6. The Morgan fingerprint density at radius 1 is 1.11 bits per heavy atom. The van der Waals surface area contributed by atoms with E-state index in [4.69, 9.17) is 16.6 Å². The molecule has 1 aromatic heterocycles. The molecule has 0 saturated carbocycles. The average molecular weight is 398 g/mol. The van der Waals surface area contributed by atoms with Crippen molar-refractivity contribution in [3.63, 3.8) is 0 Å². The Balaban J connectivity index is 1.38. The molecule has 144 valence electrons. The van der Waals surface area contributed by atoms with Crippen LogP contribution in [0, 0.1) is 15.0 Å². The largest absolute Gasteiger partial charge is 0.409 e. The van der Waals surface area contributed by atoms with Crippen LogP contribution in [0.2, 0.25) is 0 Å². The number of aromatic nitrogens is 2. The molecule has 0 aliphatic carbocycles. The highest BCUT2D eigenvalue weighted by Gasteiger charge is 2.22. The summed E-state index contributed by atoms with van der Waals surface area (Å²) >= 11 is 5.33. The van der Waals surface area contributed by atoms with Crippen molar-refractivity contribution < 1.29 is 14.2 Å². The number of nitro benzene ring substituents is 1. The molecule has 4 rings (SSSR count). The lowest BCUT2D eigenvalue weighted by molar-refractivity contribution is -0.924. The summed E-state index contributed by atoms with van der Waals surface area (Å²) in [5.74, 6) is 0.537. The van der Waals surface area contributed by atoms with Gasteiger partial charge in [0.1, 0.15) is 0 Å². The summed E-state index contributed by atoms with van der Waals surface area (Å²) in [6.45, 7) is 4.23. The standard InChI is InChI=1S/C19H19N5O3S/c25-24(26)17-8-6-16(7-9-17)22-12-10-21(11-13-22)14-23-19(28)27-18(20-23)15-4-2-1-3-5-15/h1-9H,10-14H2/p+1. The van der Waals surface area contributed by atoms with Gasteiger partial charge in [-0.05, 0) is 36.5 Å². The normalized spacial score (nSPS) is 14.9. The van der Waals surface area contributed by atoms with E-state index in [0.717, 1.165) is 37.4 Å². The van der Waals surface area contributed by atoms with Gasteiger partial charge in [-0.25, -0.2) is 0 Å². The molecular weight excluding hydrogens is 378 g/mol. The zero-order chi connectivity index (χ0) is 19.5. The topological polar surface area (TPSA) is 81.8 Å². The second kappa shape index (κ2) is 7.91. The zero-order valence-corrected chi connectivity index (χ0v) is 16.0. The first-order valence-corrected chi connectivity index (χ1v) is 9.47. The van der Waals surface area contributed by atoms with Crippen LogP contribution in [0.3, 0.4) is 0 Å². The summed E-state index contributed by atoms with van der Waals surface area (Å²) in [7, 11) is 0. The molecule has 28 heavy (non-hydrogen) atoms. The Morgan fingerprint density at radius 3 is 2.43 bits per heavy atom. The highest BCUT2D eigenvalue weighted by Crippen LogP contribution is 2.19. The van der Waals surface area contributed by atoms with E-state index in [-0.39, 0.29) is 10.6 Å². The Kier molecular flexibility index (Phi) is 5.18. The van der Waals surface area contributed by atoms with Gasteiger partial charge in [0.25, 0.3) is 10.5 Å². The first-order valence-electron chi connectivity index (χ1n) is 9.06. The van der Waals surface area contributed by atoms with Crippen molar-refractivity contribution in [1.82, 2.24) is 9.78 Å². The fourth-order valence-electron chi connectivity index (χ4n) is 3.34. The highest BCUT2D eigenvalue weighted by atomic mass is 32.1. The van der Waals surface area contributed by atoms with Gasteiger partial charge in [-0.3, -0.25) is 10.1 Å². The number of anilines is 1. The molecule has 0 amide bonds. The predicted octanol–water partition coefficient (Wildman–Crippen LogP) is 2.14. The van der Waals surface area contributed by atoms with Gasteiger partial charge in [-0.1, -0.05) is 18.2 Å². The maximum atomic E-state index is 10.8. The molecule has 3 aromatic rings. The van der Waals surface area contributed by atoms with Crippen LogP contribution in [0.5, 0.6) is 0 Å². The molecule has 0 bridgehead atoms. The number of quaternary nitrogens is 1. The third-order valence-electron chi connectivity index (χ3n) is 4.90. The van der Waals surface area contributed by atoms with Crippen LogP contribution in [-0.2, 0) is 6.67 Å². The van der Waals surface area contributed by atoms with Crippen molar-refractivity contribution in [2.75, 3.05) is 31.1 Å². The maximum absolute atomic E-state index is 10.8. The quantitative estimate of drug-likeness (QED) is 0.403. The predicted molar refractivity (Wildman–Crippen MR) is 107 cm³/mol. The molecule has 1 N–H and O–H groups in total. The van der Waals surface area contributed by atoms with Crippen molar-refractivity contribution in [2.24, 2.45) is 0 Å². The van der Waals surface area contributed by atoms with Gasteiger partial charge in [-0.2, -0.15) is 4.68 Å². The molecule has 0 radical (unpaired) electrons. The zero-order valence-electron chi connectivity index (χ0n) is 15.2. The molecule has 2 heterocycles. The first kappa shape index (κ1) is 18.3. The molecular formula is C19H20N5O3S+. The molecule has 1 saturated heterocycles. The average Bonchev–Trinajstić information content (AvgIpc) is 3.10. The van der Waals surface area contributed by atoms with E-state index in [1.807, 2.05) is 42.5 Å². The molecule has 0 spiro atoms. The summed E-state index contributed by atoms with van der Waals surface area (Å²) in [5, 5.41) is 15.3. The third-order valence-corrected chi connectivity index (χ3v) is 5.19. The van der Waals surface area contributed by atoms with Gasteiger partial charge < -0.3 is 14.2 Å². The lowest BCUT2D eigenvalue weighted by atomic mass is 10.2. The van der Waals surface area contributed by atoms with Crippen molar-refractivity contribution in [3.8, 4) is 11.5 Å². The van der Waals surface area contributed by atoms with Crippen LogP contribution in [0.1, 0.15) is 0 Å². The lowest BCUT2D eigenvalue weighted by Crippen LogP contribution is -3.14. The number of nitro groups is 1. The van der Waals surface area contributed by atoms with Gasteiger partial charge in [0.15, 0.2) is 6.67 Å². The number of hydrogen-bond donors (Lipinski definition) is 1. The van der Waals surface area contributed by atoms with Crippen molar-refractivity contribution >= 4 is 23.6 Å². The number of nitrogens with zero attached hydrogens (tertiary/aromatic N) is 4. The fraction of sp³-hybridized carbons (Fsp3) is 0.263. The Bertz CT molecular complexity index is 1010. The van der Waals surface area contributed by atoms with Gasteiger partial charge in [0, 0.05) is 23.4 Å². The van der Waals surface area contributed by atoms with Crippen LogP contribution in [0.4, 0.5) is 11.4 Å². The number of non-ortho nitro benzene ring substituents is 1. The second-order valence-corrected chi connectivity index (χ2v) is 7.06. The number of nitrogens with one attached hydrogen (secondary N) is 1. The van der Waals surface area contributed by atoms with Crippen LogP contribution >= 0.6 is 12.2 Å². The summed E-state index contributed by atoms with van der Waals surface area (Å²) in [4.78, 5) is 14.4. The van der Waals surface area contributed by atoms with Crippen LogP contribution in [-0.4, -0.2) is 40.9 Å². The summed E-state index contributed by atoms with van der Waals surface area (Å²) in [6.07, 6.45) is 0. The van der Waals surface area contributed by atoms with Gasteiger partial charge in [-0.15, -0.1) is 5.10 Å². The lowest BCUT2D eigenvalue weighted by Gasteiger charge is -2.33. The van der Waals surface area contributed by atoms with E-state index in [9.17, 15) is 10.1 Å². The van der Waals surface area contributed by atoms with Crippen molar-refractivity contribution in [1.29, 1.82) is 0 Å². The van der Waals surface area contributed by atoms with E-state index in [1.54, 1.807) is 16.8 Å². The Labute approximate surface area is 166 Å². The molecule has 2 aromatic carbocycles. The SMILES string of the molecule is O=[N+]([O-])c1ccc(N2CC[NH+](Cn3nc(-c4ccccc4)oc3=S)CC2)cc1. The monoisotopic (exact) mass is 398 g/mol. The van der Waals surface area contributed by atoms with Crippen molar-refractivity contribution in [3.05, 3.63) is 69.5 Å². The minimum atomic E-state index is -0.378. The summed E-state index contributed by atoms with van der Waals surface area (Å²) < 4.78 is 7.40. The smallest absolute Gasteiger partial charge is 0.292 e. The molecule has 0 atom stereocenters. The van der Waals surface area contributed by atoms with E-state index in [1.165, 1.54) is 4.90 Å². The van der Waals surface area contributed by atoms with E-state index >= 15 is 0 Å². The van der Waals surface area contributed by atoms with Crippen LogP contribution in [0.25, 0.3) is 11.5 Å². The Morgan fingerprint density at radius 2 is 1.79 bits per heavy atom. The number of benzene rings is 2. The van der Waals surface area contributed by atoms with Crippen LogP contribution in [0.15, 0.2) is 59.0 Å². The van der Waals surface area contributed by atoms with E-state index in [2.05, 4.69) is 10.00 Å². The van der Waals surface area contributed by atoms with Gasteiger partial charge in [0.2, 0.25) is 5.89 Å². The van der Waals surface area contributed by atoms with Crippen molar-refractivity contribution in [2.45, 2.75) is 6.67 Å². The fourth-order valence-corrected chi connectivity index (χ4v) is 3.52. The minimum Gasteiger partial charge on any atom is -0.409 e. The van der Waals surface area contributed by atoms with Gasteiger partial charge in [0.05, 0.1) is 31.1 Å². The maximum Gasteiger partial charge on any atom is 0.292 e. The van der Waals surface area contributed by atoms with Gasteiger partial charge >= 0.3 is 0 Å². The molecule has 1 aliphatic heterocycles. The molecule has 1 aliphatic rings. The molecule has 1 fully saturated rings. The first-order chi connectivity index (χ1) is 13.6. The second-order valence-electron chi connectivity index (χ2n) is 6.71.